The van der Waals surface area contributed by atoms with Crippen LogP contribution in [-0.4, -0.2) is 9.97 Å². The summed E-state index contributed by atoms with van der Waals surface area (Å²) in [7, 11) is 0. The van der Waals surface area contributed by atoms with Gasteiger partial charge in [0.1, 0.15) is 5.82 Å². The van der Waals surface area contributed by atoms with E-state index in [1.165, 1.54) is 0 Å². The number of nitrogens with zero attached hydrogens (tertiary/aromatic N) is 2. The molecule has 0 bridgehead atoms. The van der Waals surface area contributed by atoms with E-state index in [9.17, 15) is 0 Å². The summed E-state index contributed by atoms with van der Waals surface area (Å²) in [6, 6.07) is 7.89. The Balaban J connectivity index is 2.01. The molecule has 6 heteroatoms. The third-order valence-electron chi connectivity index (χ3n) is 2.79. The van der Waals surface area contributed by atoms with E-state index in [2.05, 4.69) is 36.5 Å². The van der Waals surface area contributed by atoms with Crippen molar-refractivity contribution in [3.8, 4) is 0 Å². The van der Waals surface area contributed by atoms with Crippen LogP contribution in [0.4, 0.5) is 11.5 Å². The lowest BCUT2D eigenvalue weighted by molar-refractivity contribution is 0.758. The maximum atomic E-state index is 5.93. The van der Waals surface area contributed by atoms with E-state index in [4.69, 9.17) is 11.6 Å². The molecule has 0 fully saturated rings. The highest BCUT2D eigenvalue weighted by molar-refractivity contribution is 9.10. The van der Waals surface area contributed by atoms with Crippen molar-refractivity contribution in [3.05, 3.63) is 45.3 Å². The van der Waals surface area contributed by atoms with Gasteiger partial charge in [0, 0.05) is 23.1 Å². The van der Waals surface area contributed by atoms with Gasteiger partial charge in [0.2, 0.25) is 5.28 Å². The zero-order chi connectivity index (χ0) is 12.5. The topological polar surface area (TPSA) is 49.8 Å². The van der Waals surface area contributed by atoms with Gasteiger partial charge in [0.25, 0.3) is 0 Å². The van der Waals surface area contributed by atoms with Crippen LogP contribution in [0.25, 0.3) is 0 Å². The number of fused-ring (bicyclic) bond motifs is 1. The molecule has 1 aromatic carbocycles. The van der Waals surface area contributed by atoms with E-state index in [0.29, 0.717) is 0 Å². The molecule has 0 unspecified atom stereocenters. The Morgan fingerprint density at radius 3 is 2.89 bits per heavy atom. The number of para-hydroxylation sites is 1. The molecule has 0 atom stereocenters. The first-order chi connectivity index (χ1) is 8.74. The van der Waals surface area contributed by atoms with Crippen molar-refractivity contribution in [2.24, 2.45) is 0 Å². The van der Waals surface area contributed by atoms with Gasteiger partial charge >= 0.3 is 0 Å². The Kier molecular flexibility index (Phi) is 3.20. The molecule has 3 rings (SSSR count). The highest BCUT2D eigenvalue weighted by Gasteiger charge is 2.18. The molecule has 0 spiro atoms. The van der Waals surface area contributed by atoms with Crippen LogP contribution in [0.15, 0.2) is 28.7 Å². The molecule has 0 aliphatic carbocycles. The second-order valence-corrected chi connectivity index (χ2v) is 5.17. The summed E-state index contributed by atoms with van der Waals surface area (Å²) in [5.74, 6) is 0.766. The summed E-state index contributed by atoms with van der Waals surface area (Å²) in [6.07, 6.45) is 0. The molecule has 0 saturated heterocycles. The second kappa shape index (κ2) is 4.84. The first-order valence-electron chi connectivity index (χ1n) is 5.51. The van der Waals surface area contributed by atoms with Gasteiger partial charge in [-0.05, 0) is 39.7 Å². The minimum atomic E-state index is 0.270. The van der Waals surface area contributed by atoms with Gasteiger partial charge in [0.15, 0.2) is 0 Å². The molecule has 0 saturated carbocycles. The molecule has 2 N–H and O–H groups in total. The van der Waals surface area contributed by atoms with Gasteiger partial charge in [-0.2, -0.15) is 0 Å². The quantitative estimate of drug-likeness (QED) is 0.832. The van der Waals surface area contributed by atoms with Crippen molar-refractivity contribution in [2.45, 2.75) is 13.1 Å². The second-order valence-electron chi connectivity index (χ2n) is 3.97. The number of rotatable bonds is 2. The maximum Gasteiger partial charge on any atom is 0.224 e. The molecule has 92 valence electrons. The van der Waals surface area contributed by atoms with Crippen LogP contribution in [0.3, 0.4) is 0 Å². The maximum absolute atomic E-state index is 5.93. The van der Waals surface area contributed by atoms with Crippen LogP contribution < -0.4 is 10.6 Å². The largest absolute Gasteiger partial charge is 0.339 e. The smallest absolute Gasteiger partial charge is 0.224 e. The molecule has 1 aliphatic heterocycles. The van der Waals surface area contributed by atoms with Crippen molar-refractivity contribution in [1.82, 2.24) is 15.3 Å². The van der Waals surface area contributed by atoms with Gasteiger partial charge in [-0.3, -0.25) is 0 Å². The highest BCUT2D eigenvalue weighted by Crippen LogP contribution is 2.29. The molecule has 1 aromatic heterocycles. The number of hydrogen-bond donors (Lipinski definition) is 2. The van der Waals surface area contributed by atoms with E-state index >= 15 is 0 Å². The summed E-state index contributed by atoms with van der Waals surface area (Å²) in [5.41, 5.74) is 3.00. The third kappa shape index (κ3) is 2.21. The van der Waals surface area contributed by atoms with E-state index in [1.807, 2.05) is 24.3 Å². The summed E-state index contributed by atoms with van der Waals surface area (Å²) < 4.78 is 0.986. The lowest BCUT2D eigenvalue weighted by Crippen LogP contribution is -2.03. The Morgan fingerprint density at radius 1 is 1.22 bits per heavy atom. The van der Waals surface area contributed by atoms with Crippen molar-refractivity contribution in [3.63, 3.8) is 0 Å². The minimum Gasteiger partial charge on any atom is -0.339 e. The number of nitrogens with one attached hydrogen (secondary N) is 2. The fourth-order valence-electron chi connectivity index (χ4n) is 1.93. The van der Waals surface area contributed by atoms with Gasteiger partial charge < -0.3 is 10.6 Å². The number of halogens is 2. The predicted molar refractivity (Wildman–Crippen MR) is 75.0 cm³/mol. The standard InChI is InChI=1S/C12H10BrClN4/c13-8-3-1-2-4-9(8)16-11-7-5-15-6-10(7)17-12(14)18-11/h1-4,15H,5-6H2,(H,16,17,18). The molecule has 1 aliphatic rings. The summed E-state index contributed by atoms with van der Waals surface area (Å²) >= 11 is 9.43. The SMILES string of the molecule is Clc1nc2c(c(Nc3ccccc3Br)n1)CNC2. The Hall–Kier alpha value is -1.17. The molecule has 4 nitrogen and oxygen atoms in total. The lowest BCUT2D eigenvalue weighted by Gasteiger charge is -2.11. The fourth-order valence-corrected chi connectivity index (χ4v) is 2.50. The Bertz CT molecular complexity index is 603. The van der Waals surface area contributed by atoms with Gasteiger partial charge in [-0.15, -0.1) is 0 Å². The van der Waals surface area contributed by atoms with Crippen LogP contribution in [-0.2, 0) is 13.1 Å². The van der Waals surface area contributed by atoms with Crippen LogP contribution in [0, 0.1) is 0 Å². The molecule has 2 aromatic rings. The molecule has 2 heterocycles. The third-order valence-corrected chi connectivity index (χ3v) is 3.65. The Labute approximate surface area is 118 Å². The number of aromatic nitrogens is 2. The molecular formula is C12H10BrClN4. The summed E-state index contributed by atoms with van der Waals surface area (Å²) in [6.45, 7) is 1.50. The molecule has 0 radical (unpaired) electrons. The lowest BCUT2D eigenvalue weighted by atomic mass is 10.2. The number of benzene rings is 1. The highest BCUT2D eigenvalue weighted by atomic mass is 79.9. The van der Waals surface area contributed by atoms with E-state index in [1.54, 1.807) is 0 Å². The molecule has 18 heavy (non-hydrogen) atoms. The first-order valence-corrected chi connectivity index (χ1v) is 6.68. The zero-order valence-electron chi connectivity index (χ0n) is 9.37. The Morgan fingerprint density at radius 2 is 2.06 bits per heavy atom. The fraction of sp³-hybridized carbons (Fsp3) is 0.167. The van der Waals surface area contributed by atoms with Crippen molar-refractivity contribution in [2.75, 3.05) is 5.32 Å². The summed E-state index contributed by atoms with van der Waals surface area (Å²) in [4.78, 5) is 8.48. The van der Waals surface area contributed by atoms with Gasteiger partial charge in [0.05, 0.1) is 11.4 Å². The first kappa shape index (κ1) is 11.9. The van der Waals surface area contributed by atoms with Crippen molar-refractivity contribution in [1.29, 1.82) is 0 Å². The predicted octanol–water partition coefficient (Wildman–Crippen LogP) is 3.24. The van der Waals surface area contributed by atoms with Crippen LogP contribution in [0.1, 0.15) is 11.3 Å². The molecular weight excluding hydrogens is 316 g/mol. The van der Waals surface area contributed by atoms with E-state index < -0.39 is 0 Å². The average molecular weight is 326 g/mol. The normalized spacial score (nSPS) is 13.4. The number of anilines is 2. The number of hydrogen-bond acceptors (Lipinski definition) is 4. The minimum absolute atomic E-state index is 0.270. The average Bonchev–Trinajstić information content (AvgIpc) is 2.80. The molecule has 0 amide bonds. The van der Waals surface area contributed by atoms with Crippen LogP contribution >= 0.6 is 27.5 Å². The van der Waals surface area contributed by atoms with Crippen LogP contribution in [0.5, 0.6) is 0 Å². The zero-order valence-corrected chi connectivity index (χ0v) is 11.7. The van der Waals surface area contributed by atoms with Crippen molar-refractivity contribution >= 4 is 39.0 Å². The monoisotopic (exact) mass is 324 g/mol. The van der Waals surface area contributed by atoms with Gasteiger partial charge in [-0.1, -0.05) is 12.1 Å². The van der Waals surface area contributed by atoms with Crippen LogP contribution in [0.2, 0.25) is 5.28 Å². The van der Waals surface area contributed by atoms with Crippen molar-refractivity contribution < 1.29 is 0 Å². The van der Waals surface area contributed by atoms with Gasteiger partial charge in [-0.25, -0.2) is 9.97 Å². The van der Waals surface area contributed by atoms with E-state index in [-0.39, 0.29) is 5.28 Å². The van der Waals surface area contributed by atoms with E-state index in [0.717, 1.165) is 40.3 Å². The summed E-state index contributed by atoms with van der Waals surface area (Å²) in [5, 5.41) is 6.80.